The van der Waals surface area contributed by atoms with E-state index in [9.17, 15) is 4.79 Å². The Kier molecular flexibility index (Phi) is 5.98. The molecule has 1 aliphatic heterocycles. The molecule has 7 nitrogen and oxygen atoms in total. The molecule has 0 aromatic carbocycles. The molecule has 21 heavy (non-hydrogen) atoms. The van der Waals surface area contributed by atoms with Gasteiger partial charge in [-0.3, -0.25) is 4.68 Å². The van der Waals surface area contributed by atoms with Gasteiger partial charge in [0.25, 0.3) is 0 Å². The second kappa shape index (κ2) is 7.09. The van der Waals surface area contributed by atoms with Crippen LogP contribution in [0.25, 0.3) is 0 Å². The minimum Gasteiger partial charge on any atom is -0.444 e. The standard InChI is InChI=1S/C13H23N5O2.ClH/c1-13(2,3)20-12(19)18-6-4-5-11(18)9-17-8-10(7-14)15-16-17;/h8,11H,4-7,9,14H2,1-3H3;1H/t11-;/m0./s1. The average molecular weight is 318 g/mol. The predicted octanol–water partition coefficient (Wildman–Crippen LogP) is 1.56. The first-order valence-electron chi connectivity index (χ1n) is 6.98. The van der Waals surface area contributed by atoms with Crippen molar-refractivity contribution in [2.75, 3.05) is 6.54 Å². The highest BCUT2D eigenvalue weighted by atomic mass is 35.5. The highest BCUT2D eigenvalue weighted by molar-refractivity contribution is 5.85. The lowest BCUT2D eigenvalue weighted by Gasteiger charge is -2.28. The number of nitrogens with zero attached hydrogens (tertiary/aromatic N) is 4. The van der Waals surface area contributed by atoms with Gasteiger partial charge in [0, 0.05) is 19.3 Å². The van der Waals surface area contributed by atoms with E-state index < -0.39 is 5.60 Å². The number of carbonyl (C=O) groups excluding carboxylic acids is 1. The molecule has 1 aliphatic rings. The molecule has 2 N–H and O–H groups in total. The first-order valence-corrected chi connectivity index (χ1v) is 6.98. The Labute approximate surface area is 131 Å². The fourth-order valence-corrected chi connectivity index (χ4v) is 2.32. The second-order valence-corrected chi connectivity index (χ2v) is 6.11. The molecule has 2 rings (SSSR count). The van der Waals surface area contributed by atoms with Crippen molar-refractivity contribution in [1.29, 1.82) is 0 Å². The number of rotatable bonds is 3. The van der Waals surface area contributed by atoms with Crippen molar-refractivity contribution < 1.29 is 9.53 Å². The number of halogens is 1. The van der Waals surface area contributed by atoms with Crippen LogP contribution in [-0.4, -0.2) is 44.2 Å². The number of hydrogen-bond donors (Lipinski definition) is 1. The van der Waals surface area contributed by atoms with Gasteiger partial charge < -0.3 is 15.4 Å². The van der Waals surface area contributed by atoms with Crippen molar-refractivity contribution in [2.45, 2.75) is 58.3 Å². The summed E-state index contributed by atoms with van der Waals surface area (Å²) >= 11 is 0. The van der Waals surface area contributed by atoms with E-state index in [-0.39, 0.29) is 24.5 Å². The highest BCUT2D eigenvalue weighted by Gasteiger charge is 2.32. The molecule has 1 atom stereocenters. The number of amides is 1. The van der Waals surface area contributed by atoms with E-state index in [0.29, 0.717) is 13.1 Å². The summed E-state index contributed by atoms with van der Waals surface area (Å²) in [7, 11) is 0. The maximum absolute atomic E-state index is 12.2. The largest absolute Gasteiger partial charge is 0.444 e. The molecule has 0 bridgehead atoms. The van der Waals surface area contributed by atoms with Gasteiger partial charge in [-0.25, -0.2) is 4.79 Å². The molecule has 0 unspecified atom stereocenters. The minimum atomic E-state index is -0.468. The van der Waals surface area contributed by atoms with Crippen molar-refractivity contribution in [1.82, 2.24) is 19.9 Å². The summed E-state index contributed by atoms with van der Waals surface area (Å²) in [6.07, 6.45) is 3.52. The number of carbonyl (C=O) groups is 1. The highest BCUT2D eigenvalue weighted by Crippen LogP contribution is 2.21. The molecule has 1 saturated heterocycles. The zero-order valence-electron chi connectivity index (χ0n) is 12.8. The van der Waals surface area contributed by atoms with Crippen molar-refractivity contribution in [3.63, 3.8) is 0 Å². The Morgan fingerprint density at radius 2 is 2.24 bits per heavy atom. The Morgan fingerprint density at radius 3 is 2.81 bits per heavy atom. The van der Waals surface area contributed by atoms with E-state index in [1.54, 1.807) is 9.58 Å². The SMILES string of the molecule is CC(C)(C)OC(=O)N1CCC[C@H]1Cn1cc(CN)nn1.Cl. The average Bonchev–Trinajstić information content (AvgIpc) is 2.96. The van der Waals surface area contributed by atoms with Gasteiger partial charge in [0.1, 0.15) is 5.60 Å². The maximum Gasteiger partial charge on any atom is 0.410 e. The summed E-state index contributed by atoms with van der Waals surface area (Å²) in [5, 5.41) is 7.99. The fourth-order valence-electron chi connectivity index (χ4n) is 2.32. The molecule has 0 aliphatic carbocycles. The molecule has 0 saturated carbocycles. The third kappa shape index (κ3) is 4.86. The topological polar surface area (TPSA) is 86.3 Å². The van der Waals surface area contributed by atoms with Crippen LogP contribution in [0.1, 0.15) is 39.3 Å². The number of nitrogens with two attached hydrogens (primary N) is 1. The van der Waals surface area contributed by atoms with Crippen LogP contribution in [0.3, 0.4) is 0 Å². The molecule has 0 radical (unpaired) electrons. The van der Waals surface area contributed by atoms with Gasteiger partial charge in [-0.15, -0.1) is 17.5 Å². The molecule has 1 fully saturated rings. The molecule has 0 spiro atoms. The van der Waals surface area contributed by atoms with Gasteiger partial charge in [-0.05, 0) is 33.6 Å². The van der Waals surface area contributed by atoms with E-state index in [2.05, 4.69) is 10.3 Å². The molecule has 1 amide bonds. The zero-order chi connectivity index (χ0) is 14.8. The molecular weight excluding hydrogens is 294 g/mol. The predicted molar refractivity (Wildman–Crippen MR) is 81.1 cm³/mol. The number of ether oxygens (including phenoxy) is 1. The second-order valence-electron chi connectivity index (χ2n) is 6.11. The van der Waals surface area contributed by atoms with Crippen molar-refractivity contribution >= 4 is 18.5 Å². The third-order valence-corrected chi connectivity index (χ3v) is 3.20. The maximum atomic E-state index is 12.2. The van der Waals surface area contributed by atoms with Crippen molar-refractivity contribution in [2.24, 2.45) is 5.73 Å². The summed E-state index contributed by atoms with van der Waals surface area (Å²) in [5.74, 6) is 0. The number of likely N-dealkylation sites (tertiary alicyclic amines) is 1. The monoisotopic (exact) mass is 317 g/mol. The van der Waals surface area contributed by atoms with E-state index in [0.717, 1.165) is 25.1 Å². The van der Waals surface area contributed by atoms with E-state index >= 15 is 0 Å². The lowest BCUT2D eigenvalue weighted by molar-refractivity contribution is 0.0211. The molecule has 120 valence electrons. The van der Waals surface area contributed by atoms with Crippen molar-refractivity contribution in [3.05, 3.63) is 11.9 Å². The normalized spacial score (nSPS) is 18.5. The zero-order valence-corrected chi connectivity index (χ0v) is 13.6. The molecule has 2 heterocycles. The molecule has 1 aromatic heterocycles. The van der Waals surface area contributed by atoms with Crippen LogP contribution in [0.15, 0.2) is 6.20 Å². The first kappa shape index (κ1) is 17.7. The Morgan fingerprint density at radius 1 is 1.52 bits per heavy atom. The number of hydrogen-bond acceptors (Lipinski definition) is 5. The number of aromatic nitrogens is 3. The summed E-state index contributed by atoms with van der Waals surface area (Å²) < 4.78 is 7.18. The van der Waals surface area contributed by atoms with Crippen LogP contribution in [-0.2, 0) is 17.8 Å². The third-order valence-electron chi connectivity index (χ3n) is 3.20. The smallest absolute Gasteiger partial charge is 0.410 e. The Hall–Kier alpha value is -1.34. The molecule has 1 aromatic rings. The summed E-state index contributed by atoms with van der Waals surface area (Å²) in [4.78, 5) is 13.9. The van der Waals surface area contributed by atoms with Gasteiger partial charge in [0.05, 0.1) is 18.3 Å². The Balaban J connectivity index is 0.00000220. The lowest BCUT2D eigenvalue weighted by Crippen LogP contribution is -2.41. The van der Waals surface area contributed by atoms with Crippen LogP contribution in [0.2, 0.25) is 0 Å². The lowest BCUT2D eigenvalue weighted by atomic mass is 10.2. The summed E-state index contributed by atoms with van der Waals surface area (Å²) in [5.41, 5.74) is 5.80. The summed E-state index contributed by atoms with van der Waals surface area (Å²) in [6.45, 7) is 7.37. The van der Waals surface area contributed by atoms with Crippen LogP contribution in [0.5, 0.6) is 0 Å². The van der Waals surface area contributed by atoms with E-state index in [1.807, 2.05) is 27.0 Å². The quantitative estimate of drug-likeness (QED) is 0.914. The van der Waals surface area contributed by atoms with Crippen molar-refractivity contribution in [3.8, 4) is 0 Å². The minimum absolute atomic E-state index is 0. The fraction of sp³-hybridized carbons (Fsp3) is 0.769. The van der Waals surface area contributed by atoms with E-state index in [4.69, 9.17) is 10.5 Å². The molecular formula is C13H24ClN5O2. The van der Waals surface area contributed by atoms with Crippen LogP contribution < -0.4 is 5.73 Å². The Bertz CT molecular complexity index is 471. The van der Waals surface area contributed by atoms with Crippen LogP contribution >= 0.6 is 12.4 Å². The molecule has 8 heteroatoms. The summed E-state index contributed by atoms with van der Waals surface area (Å²) in [6, 6.07) is 0.108. The first-order chi connectivity index (χ1) is 9.39. The van der Waals surface area contributed by atoms with Gasteiger partial charge >= 0.3 is 6.09 Å². The van der Waals surface area contributed by atoms with Crippen LogP contribution in [0, 0.1) is 0 Å². The van der Waals surface area contributed by atoms with Crippen LogP contribution in [0.4, 0.5) is 4.79 Å². The van der Waals surface area contributed by atoms with Gasteiger partial charge in [-0.1, -0.05) is 5.21 Å². The van der Waals surface area contributed by atoms with E-state index in [1.165, 1.54) is 0 Å². The van der Waals surface area contributed by atoms with Gasteiger partial charge in [0.2, 0.25) is 0 Å². The van der Waals surface area contributed by atoms with Gasteiger partial charge in [0.15, 0.2) is 0 Å². The van der Waals surface area contributed by atoms with Gasteiger partial charge in [-0.2, -0.15) is 0 Å².